The van der Waals surface area contributed by atoms with Crippen LogP contribution in [0.15, 0.2) is 0 Å². The molecule has 0 unspecified atom stereocenters. The molecule has 0 bridgehead atoms. The van der Waals surface area contributed by atoms with Gasteiger partial charge in [0.05, 0.1) is 13.2 Å². The van der Waals surface area contributed by atoms with Crippen LogP contribution in [0.1, 0.15) is 0 Å². The van der Waals surface area contributed by atoms with Gasteiger partial charge in [0.1, 0.15) is 0 Å². The van der Waals surface area contributed by atoms with Crippen LogP contribution in [0.2, 0.25) is 0 Å². The molecule has 0 radical (unpaired) electrons. The first-order valence-electron chi connectivity index (χ1n) is 2.28. The van der Waals surface area contributed by atoms with Crippen LogP contribution in [0, 0.1) is 0 Å². The second kappa shape index (κ2) is 5.32. The van der Waals surface area contributed by atoms with Gasteiger partial charge in [-0.2, -0.15) is 0 Å². The van der Waals surface area contributed by atoms with Crippen molar-refractivity contribution in [2.75, 3.05) is 26.3 Å². The van der Waals surface area contributed by atoms with E-state index in [1.165, 1.54) is 0 Å². The molecule has 0 aliphatic carbocycles. The van der Waals surface area contributed by atoms with Gasteiger partial charge in [-0.1, -0.05) is 0 Å². The minimum atomic E-state index is 0. The van der Waals surface area contributed by atoms with Crippen molar-refractivity contribution in [2.45, 2.75) is 0 Å². The summed E-state index contributed by atoms with van der Waals surface area (Å²) in [4.78, 5) is 0. The normalized spacial score (nSPS) is 20.6. The quantitative estimate of drug-likeness (QED) is 0.410. The van der Waals surface area contributed by atoms with E-state index in [9.17, 15) is 0 Å². The first kappa shape index (κ1) is 8.18. The Morgan fingerprint density at radius 2 is 1.71 bits per heavy atom. The first-order valence-corrected chi connectivity index (χ1v) is 2.28. The van der Waals surface area contributed by atoms with Crippen molar-refractivity contribution in [1.29, 1.82) is 0 Å². The zero-order valence-corrected chi connectivity index (χ0v) is 3.74. The molecule has 3 heteroatoms. The summed E-state index contributed by atoms with van der Waals surface area (Å²) in [5.41, 5.74) is 0. The number of morpholine rings is 1. The van der Waals surface area contributed by atoms with Crippen LogP contribution < -0.4 is 5.32 Å². The fourth-order valence-corrected chi connectivity index (χ4v) is 0.516. The van der Waals surface area contributed by atoms with Gasteiger partial charge in [-0.15, -0.1) is 0 Å². The average molecular weight is 129 g/mol. The number of rotatable bonds is 0. The van der Waals surface area contributed by atoms with Crippen molar-refractivity contribution in [3.05, 3.63) is 0 Å². The summed E-state index contributed by atoms with van der Waals surface area (Å²) in [6.07, 6.45) is 0. The molecule has 1 fully saturated rings. The van der Waals surface area contributed by atoms with E-state index in [4.69, 9.17) is 4.74 Å². The van der Waals surface area contributed by atoms with E-state index in [0.29, 0.717) is 0 Å². The molecule has 1 rings (SSSR count). The molecule has 7 heavy (non-hydrogen) atoms. The van der Waals surface area contributed by atoms with Gasteiger partial charge in [-0.25, -0.2) is 0 Å². The SMILES string of the molecule is C1COCCN1.[CaH2]. The second-order valence-electron chi connectivity index (χ2n) is 1.36. The summed E-state index contributed by atoms with van der Waals surface area (Å²) < 4.78 is 5.01. The zero-order valence-electron chi connectivity index (χ0n) is 3.74. The molecule has 1 heterocycles. The molecule has 0 aromatic heterocycles. The van der Waals surface area contributed by atoms with Crippen molar-refractivity contribution in [2.24, 2.45) is 0 Å². The summed E-state index contributed by atoms with van der Waals surface area (Å²) in [6, 6.07) is 0. The topological polar surface area (TPSA) is 21.3 Å². The molecule has 0 aromatic carbocycles. The second-order valence-corrected chi connectivity index (χ2v) is 1.36. The molecular formula is C4H11CaNO. The number of hydrogen-bond donors (Lipinski definition) is 1. The van der Waals surface area contributed by atoms with Gasteiger partial charge in [0.2, 0.25) is 0 Å². The van der Waals surface area contributed by atoms with Gasteiger partial charge in [0.15, 0.2) is 0 Å². The zero-order chi connectivity index (χ0) is 4.24. The van der Waals surface area contributed by atoms with Crippen LogP contribution in [0.25, 0.3) is 0 Å². The van der Waals surface area contributed by atoms with Gasteiger partial charge in [-0.3, -0.25) is 0 Å². The third-order valence-corrected chi connectivity index (χ3v) is 0.846. The minimum absolute atomic E-state index is 0. The van der Waals surface area contributed by atoms with Gasteiger partial charge in [-0.05, 0) is 0 Å². The molecule has 40 valence electrons. The maximum atomic E-state index is 5.01. The Kier molecular flexibility index (Phi) is 6.22. The van der Waals surface area contributed by atoms with E-state index in [2.05, 4.69) is 5.32 Å². The van der Waals surface area contributed by atoms with Crippen LogP contribution in [0.3, 0.4) is 0 Å². The Hall–Kier alpha value is 1.18. The van der Waals surface area contributed by atoms with E-state index in [-0.39, 0.29) is 37.7 Å². The van der Waals surface area contributed by atoms with E-state index < -0.39 is 0 Å². The maximum absolute atomic E-state index is 5.01. The molecule has 1 saturated heterocycles. The van der Waals surface area contributed by atoms with Crippen molar-refractivity contribution in [3.8, 4) is 0 Å². The van der Waals surface area contributed by atoms with Crippen LogP contribution in [0.4, 0.5) is 0 Å². The Morgan fingerprint density at radius 3 is 1.86 bits per heavy atom. The van der Waals surface area contributed by atoms with Gasteiger partial charge >= 0.3 is 37.7 Å². The molecule has 0 aromatic rings. The Labute approximate surface area is 73.6 Å². The third-order valence-electron chi connectivity index (χ3n) is 0.846. The average Bonchev–Trinajstić information content (AvgIpc) is 1.72. The van der Waals surface area contributed by atoms with Gasteiger partial charge < -0.3 is 10.1 Å². The first-order chi connectivity index (χ1) is 3.00. The molecule has 0 spiro atoms. The molecule has 0 amide bonds. The monoisotopic (exact) mass is 129 g/mol. The molecule has 1 aliphatic heterocycles. The summed E-state index contributed by atoms with van der Waals surface area (Å²) in [6.45, 7) is 3.83. The van der Waals surface area contributed by atoms with Crippen LogP contribution >= 0.6 is 0 Å². The van der Waals surface area contributed by atoms with Crippen LogP contribution in [-0.4, -0.2) is 64.0 Å². The van der Waals surface area contributed by atoms with Crippen molar-refractivity contribution >= 4 is 37.7 Å². The van der Waals surface area contributed by atoms with E-state index >= 15 is 0 Å². The predicted molar refractivity (Wildman–Crippen MR) is 32.2 cm³/mol. The summed E-state index contributed by atoms with van der Waals surface area (Å²) in [5.74, 6) is 0. The summed E-state index contributed by atoms with van der Waals surface area (Å²) >= 11 is 0. The van der Waals surface area contributed by atoms with Crippen molar-refractivity contribution < 1.29 is 4.74 Å². The van der Waals surface area contributed by atoms with Gasteiger partial charge in [0, 0.05) is 13.1 Å². The molecule has 2 nitrogen and oxygen atoms in total. The van der Waals surface area contributed by atoms with E-state index in [0.717, 1.165) is 26.3 Å². The number of hydrogen-bond acceptors (Lipinski definition) is 2. The Morgan fingerprint density at radius 1 is 1.14 bits per heavy atom. The molecule has 1 N–H and O–H groups in total. The Balaban J connectivity index is 0.000000360. The number of nitrogens with one attached hydrogen (secondary N) is 1. The number of ether oxygens (including phenoxy) is 1. The van der Waals surface area contributed by atoms with Gasteiger partial charge in [0.25, 0.3) is 0 Å². The van der Waals surface area contributed by atoms with E-state index in [1.807, 2.05) is 0 Å². The van der Waals surface area contributed by atoms with Crippen LogP contribution in [0.5, 0.6) is 0 Å². The van der Waals surface area contributed by atoms with E-state index in [1.54, 1.807) is 0 Å². The predicted octanol–water partition coefficient (Wildman–Crippen LogP) is -1.31. The molecule has 0 saturated carbocycles. The fraction of sp³-hybridized carbons (Fsp3) is 1.00. The van der Waals surface area contributed by atoms with Crippen LogP contribution in [-0.2, 0) is 4.74 Å². The summed E-state index contributed by atoms with van der Waals surface area (Å²) in [5, 5.41) is 3.16. The van der Waals surface area contributed by atoms with Crippen molar-refractivity contribution in [3.63, 3.8) is 0 Å². The fourth-order valence-electron chi connectivity index (χ4n) is 0.516. The molecular weight excluding hydrogens is 118 g/mol. The molecule has 0 atom stereocenters. The summed E-state index contributed by atoms with van der Waals surface area (Å²) in [7, 11) is 0. The standard InChI is InChI=1S/C4H9NO.Ca.2H/c1-3-6-4-2-5-1;;;/h5H,1-4H2;;;. The third kappa shape index (κ3) is 3.74. The molecule has 1 aliphatic rings. The Bertz CT molecular complexity index is 27.2. The van der Waals surface area contributed by atoms with Crippen molar-refractivity contribution in [1.82, 2.24) is 5.32 Å².